The van der Waals surface area contributed by atoms with Crippen LogP contribution in [0.1, 0.15) is 97.9 Å². The van der Waals surface area contributed by atoms with Crippen LogP contribution < -0.4 is 41.2 Å². The van der Waals surface area contributed by atoms with Gasteiger partial charge in [-0.05, 0) is 102 Å². The Morgan fingerprint density at radius 3 is 1.95 bits per heavy atom. The van der Waals surface area contributed by atoms with Gasteiger partial charge in [0, 0.05) is 55.3 Å². The van der Waals surface area contributed by atoms with Gasteiger partial charge < -0.3 is 91.9 Å². The Morgan fingerprint density at radius 1 is 0.716 bits per heavy atom. The van der Waals surface area contributed by atoms with E-state index in [0.29, 0.717) is 0 Å². The number of likely N-dealkylation sites (N-methyl/N-ethyl adjacent to an activating group) is 1. The van der Waals surface area contributed by atoms with Gasteiger partial charge in [0.1, 0.15) is 77.1 Å². The molecule has 0 aromatic heterocycles. The van der Waals surface area contributed by atoms with Crippen LogP contribution in [0.4, 0.5) is 0 Å². The second-order valence-electron chi connectivity index (χ2n) is 22.6. The Bertz CT molecular complexity index is 3570. The second kappa shape index (κ2) is 26.8. The highest BCUT2D eigenvalue weighted by Gasteiger charge is 2.47. The third-order valence-corrected chi connectivity index (χ3v) is 16.6. The number of fused-ring (bicyclic) bond motifs is 15. The second-order valence-corrected chi connectivity index (χ2v) is 23.4. The molecule has 13 atom stereocenters. The normalized spacial score (nSPS) is 26.2. The monoisotopic (exact) mass is 1260 g/mol. The minimum atomic E-state index is -2.09. The van der Waals surface area contributed by atoms with Crippen LogP contribution >= 0.6 is 23.2 Å². The molecule has 1 saturated heterocycles. The SMILES string of the molecule is CN[C@H](CC(C)C)C(=O)N[C@H]1C(=O)C[C@@H](CC(N)=O)C(=O)N[C@H]2C(=O)C[C@@H]3C(=O)C[C@H](C(=O)NCc4cc(O)cc(O)c4-c4cc3ccc4O)[C@H](O)c3ccc(c(Cl)c3)Oc3cc2cc(c3OC2OC(CO)C(O)[C@H](O)[C@H]2O)Oc2ccc(cc2Cl)[C@H]1O. The lowest BCUT2D eigenvalue weighted by molar-refractivity contribution is -0.277. The maximum atomic E-state index is 15.9. The number of carbonyl (C=O) groups excluding carboxylic acids is 7. The van der Waals surface area contributed by atoms with E-state index in [-0.39, 0.29) is 72.8 Å². The number of primary amides is 1. The first-order chi connectivity index (χ1) is 41.7. The van der Waals surface area contributed by atoms with Gasteiger partial charge >= 0.3 is 0 Å². The zero-order valence-corrected chi connectivity index (χ0v) is 48.9. The number of phenols is 3. The predicted octanol–water partition coefficient (Wildman–Crippen LogP) is 3.31. The molecule has 3 unspecified atom stereocenters. The van der Waals surface area contributed by atoms with Gasteiger partial charge in [0.2, 0.25) is 35.7 Å². The molecule has 468 valence electrons. The number of hydrogen-bond acceptors (Lipinski definition) is 21. The molecule has 15 N–H and O–H groups in total. The summed E-state index contributed by atoms with van der Waals surface area (Å²) in [5.74, 6) is -15.6. The van der Waals surface area contributed by atoms with Crippen molar-refractivity contribution in [1.82, 2.24) is 21.3 Å². The van der Waals surface area contributed by atoms with Crippen LogP contribution in [0.2, 0.25) is 10.0 Å². The minimum Gasteiger partial charge on any atom is -0.508 e. The van der Waals surface area contributed by atoms with Crippen LogP contribution in [0.15, 0.2) is 78.9 Å². The minimum absolute atomic E-state index is 0.0148. The Labute approximate surface area is 512 Å². The topological polar surface area (TPSA) is 413 Å². The summed E-state index contributed by atoms with van der Waals surface area (Å²) in [4.78, 5) is 103. The number of nitrogens with one attached hydrogen (secondary N) is 4. The van der Waals surface area contributed by atoms with Crippen molar-refractivity contribution < 1.29 is 98.5 Å². The quantitative estimate of drug-likeness (QED) is 0.0953. The number of halogens is 2. The molecule has 0 spiro atoms. The van der Waals surface area contributed by atoms with Crippen molar-refractivity contribution >= 4 is 64.2 Å². The summed E-state index contributed by atoms with van der Waals surface area (Å²) >= 11 is 13.9. The number of nitrogens with two attached hydrogens (primary N) is 1. The molecule has 5 aromatic rings. The van der Waals surface area contributed by atoms with Gasteiger partial charge in [0.05, 0.1) is 40.6 Å². The molecule has 88 heavy (non-hydrogen) atoms. The van der Waals surface area contributed by atoms with Crippen LogP contribution in [0.25, 0.3) is 11.1 Å². The van der Waals surface area contributed by atoms with Crippen LogP contribution in [0, 0.1) is 17.8 Å². The van der Waals surface area contributed by atoms with Gasteiger partial charge in [-0.15, -0.1) is 0 Å². The average molecular weight is 1260 g/mol. The highest BCUT2D eigenvalue weighted by molar-refractivity contribution is 6.32. The number of rotatable bonds is 10. The molecule has 25 nitrogen and oxygen atoms in total. The summed E-state index contributed by atoms with van der Waals surface area (Å²) in [5.41, 5.74) is 5.15. The first kappa shape index (κ1) is 64.5. The highest BCUT2D eigenvalue weighted by atomic mass is 35.5. The molecular formula is C61H65Cl2N5O20. The fourth-order valence-corrected chi connectivity index (χ4v) is 11.7. The van der Waals surface area contributed by atoms with E-state index in [1.165, 1.54) is 67.7 Å². The molecular weight excluding hydrogens is 1190 g/mol. The van der Waals surface area contributed by atoms with Crippen LogP contribution in [-0.2, 0) is 44.8 Å². The number of benzene rings is 5. The van der Waals surface area contributed by atoms with Gasteiger partial charge in [-0.3, -0.25) is 33.6 Å². The van der Waals surface area contributed by atoms with Gasteiger partial charge in [0.25, 0.3) is 0 Å². The first-order valence-corrected chi connectivity index (χ1v) is 28.8. The molecule has 0 saturated carbocycles. The molecule has 6 aliphatic rings. The van der Waals surface area contributed by atoms with Crippen LogP contribution in [0.3, 0.4) is 0 Å². The lowest BCUT2D eigenvalue weighted by atomic mass is 9.80. The van der Waals surface area contributed by atoms with E-state index in [1.54, 1.807) is 0 Å². The Hall–Kier alpha value is -7.95. The number of aliphatic hydroxyl groups is 6. The molecule has 4 amide bonds. The van der Waals surface area contributed by atoms with E-state index in [4.69, 9.17) is 47.9 Å². The third-order valence-electron chi connectivity index (χ3n) is 16.0. The van der Waals surface area contributed by atoms with Gasteiger partial charge in [-0.2, -0.15) is 0 Å². The molecule has 11 bridgehead atoms. The molecule has 27 heteroatoms. The highest BCUT2D eigenvalue weighted by Crippen LogP contribution is 2.50. The Kier molecular flexibility index (Phi) is 19.6. The van der Waals surface area contributed by atoms with E-state index in [9.17, 15) is 65.1 Å². The van der Waals surface area contributed by atoms with Crippen LogP contribution in [-0.4, -0.2) is 143 Å². The van der Waals surface area contributed by atoms with Crippen LogP contribution in [0.5, 0.6) is 46.0 Å². The van der Waals surface area contributed by atoms with Crippen molar-refractivity contribution in [2.24, 2.45) is 23.5 Å². The standard InChI is InChI=1S/C61H65Cl2N5O20/c1-24(2)10-37(65-3)60(84)68-51-41(74)15-29(18-48(64)76)58(82)67-50-28-16-45(57(88-61-56(81)55(80)54(79)47(23-69)87-61)46(17-28)86-44-9-6-27(53(51)78)14-36(44)63)85-43-8-5-26(13-35(43)62)52(77)34-21-39(72)32(20-42(50)75)25-4-7-38(71)33(12-25)49-30(22-66-59(34)83)11-31(70)19-40(49)73/h4-9,11-14,16-17,19,24,29,32,34,37,47,50-56,61,65,69-71,73,77-81H,10,15,18,20-23H2,1-3H3,(H2,64,76)(H,66,83)(H,67,82)(H,68,84)/t29-,32-,34-,37+,47?,50+,51-,52+,53+,54?,55-,56+,61?/m0/s1. The fourth-order valence-electron chi connectivity index (χ4n) is 11.3. The smallest absolute Gasteiger partial charge is 0.237 e. The lowest BCUT2D eigenvalue weighted by Crippen LogP contribution is -2.60. The van der Waals surface area contributed by atoms with E-state index in [2.05, 4.69) is 21.3 Å². The molecule has 1 fully saturated rings. The number of aliphatic hydroxyl groups excluding tert-OH is 6. The summed E-state index contributed by atoms with van der Waals surface area (Å²) in [5, 5.41) is 111. The van der Waals surface area contributed by atoms with E-state index in [0.717, 1.165) is 18.2 Å². The molecule has 5 aromatic carbocycles. The average Bonchev–Trinajstić information content (AvgIpc) is 0.953. The Morgan fingerprint density at radius 2 is 1.35 bits per heavy atom. The maximum absolute atomic E-state index is 15.9. The Balaban J connectivity index is 1.31. The van der Waals surface area contributed by atoms with Crippen molar-refractivity contribution in [2.75, 3.05) is 13.7 Å². The third kappa shape index (κ3) is 13.7. The number of phenolic OH excluding ortho intramolecular Hbond substituents is 3. The number of aromatic hydroxyl groups is 3. The fraction of sp³-hybridized carbons (Fsp3) is 0.393. The van der Waals surface area contributed by atoms with Crippen molar-refractivity contribution in [3.63, 3.8) is 0 Å². The van der Waals surface area contributed by atoms with Crippen molar-refractivity contribution in [3.05, 3.63) is 117 Å². The predicted molar refractivity (Wildman–Crippen MR) is 310 cm³/mol. The summed E-state index contributed by atoms with van der Waals surface area (Å²) in [6, 6.07) is 10.8. The summed E-state index contributed by atoms with van der Waals surface area (Å²) < 4.78 is 25.0. The number of carbonyl (C=O) groups is 7. The summed E-state index contributed by atoms with van der Waals surface area (Å²) in [7, 11) is 1.51. The zero-order valence-electron chi connectivity index (χ0n) is 47.4. The number of Topliss-reactive ketones (excluding diaryl/α,β-unsaturated/α-hetero) is 3. The van der Waals surface area contributed by atoms with Crippen molar-refractivity contribution in [3.8, 4) is 57.1 Å². The van der Waals surface area contributed by atoms with E-state index in [1.807, 2.05) is 13.8 Å². The molecule has 6 heterocycles. The molecule has 0 aliphatic carbocycles. The molecule has 0 radical (unpaired) electrons. The molecule has 6 aliphatic heterocycles. The largest absolute Gasteiger partial charge is 0.508 e. The van der Waals surface area contributed by atoms with E-state index >= 15 is 14.4 Å². The summed E-state index contributed by atoms with van der Waals surface area (Å²) in [6.07, 6.45) is -16.5. The summed E-state index contributed by atoms with van der Waals surface area (Å²) in [6.45, 7) is 2.37. The van der Waals surface area contributed by atoms with Crippen molar-refractivity contribution in [2.45, 2.75) is 119 Å². The number of ketones is 3. The number of hydrogen-bond donors (Lipinski definition) is 14. The van der Waals surface area contributed by atoms with Gasteiger partial charge in [-0.25, -0.2) is 0 Å². The zero-order chi connectivity index (χ0) is 63.7. The van der Waals surface area contributed by atoms with E-state index < -0.39 is 193 Å². The number of ether oxygens (including phenoxy) is 4. The lowest BCUT2D eigenvalue weighted by Gasteiger charge is -2.39. The van der Waals surface area contributed by atoms with Crippen molar-refractivity contribution in [1.29, 1.82) is 0 Å². The number of amides is 4. The molecule has 11 rings (SSSR count). The maximum Gasteiger partial charge on any atom is 0.237 e. The van der Waals surface area contributed by atoms with Gasteiger partial charge in [0.15, 0.2) is 23.1 Å². The van der Waals surface area contributed by atoms with Gasteiger partial charge in [-0.1, -0.05) is 55.2 Å². The first-order valence-electron chi connectivity index (χ1n) is 28.0.